The fraction of sp³-hybridized carbons (Fsp3) is 0.105. The molecule has 28 heavy (non-hydrogen) atoms. The van der Waals surface area contributed by atoms with Crippen LogP contribution in [0.1, 0.15) is 21.7 Å². The van der Waals surface area contributed by atoms with Crippen molar-refractivity contribution in [2.45, 2.75) is 18.7 Å². The van der Waals surface area contributed by atoms with Gasteiger partial charge in [-0.25, -0.2) is 23.1 Å². The molecule has 3 rings (SSSR count). The minimum absolute atomic E-state index is 0.0186. The number of sulfonamides is 1. The molecule has 0 fully saturated rings. The van der Waals surface area contributed by atoms with Gasteiger partial charge in [-0.2, -0.15) is 0 Å². The first kappa shape index (κ1) is 20.0. The van der Waals surface area contributed by atoms with Gasteiger partial charge in [-0.05, 0) is 68.4 Å². The maximum atomic E-state index is 12.5. The lowest BCUT2D eigenvalue weighted by atomic mass is 10.2. The van der Waals surface area contributed by atoms with Gasteiger partial charge in [0.05, 0.1) is 4.90 Å². The Morgan fingerprint density at radius 3 is 2.07 bits per heavy atom. The molecule has 9 heteroatoms. The second kappa shape index (κ2) is 8.07. The Bertz CT molecular complexity index is 1090. The van der Waals surface area contributed by atoms with E-state index >= 15 is 0 Å². The quantitative estimate of drug-likeness (QED) is 0.600. The monoisotopic (exact) mass is 460 g/mol. The molecule has 0 unspecified atom stereocenters. The molecule has 0 atom stereocenters. The minimum atomic E-state index is -3.84. The molecule has 0 saturated heterocycles. The van der Waals surface area contributed by atoms with Crippen LogP contribution in [0.25, 0.3) is 0 Å². The Morgan fingerprint density at radius 2 is 1.50 bits per heavy atom. The van der Waals surface area contributed by atoms with E-state index in [4.69, 9.17) is 0 Å². The molecule has 0 radical (unpaired) electrons. The van der Waals surface area contributed by atoms with Crippen molar-refractivity contribution in [1.82, 2.24) is 9.97 Å². The Morgan fingerprint density at radius 1 is 0.929 bits per heavy atom. The zero-order valence-corrected chi connectivity index (χ0v) is 17.5. The third kappa shape index (κ3) is 4.93. The van der Waals surface area contributed by atoms with E-state index in [1.165, 1.54) is 24.3 Å². The van der Waals surface area contributed by atoms with Crippen LogP contribution in [0.2, 0.25) is 0 Å². The summed E-state index contributed by atoms with van der Waals surface area (Å²) in [6.07, 6.45) is 0. The standard InChI is InChI=1S/C19H17BrN4O3S/c1-12-11-13(2)22-19(21-12)24-28(26,27)17-9-7-16(8-10-17)23-18(25)14-3-5-15(20)6-4-14/h3-11H,1-2H3,(H,23,25)(H,21,22,24). The highest BCUT2D eigenvalue weighted by atomic mass is 79.9. The zero-order chi connectivity index (χ0) is 20.3. The molecule has 7 nitrogen and oxygen atoms in total. The molecule has 0 aliphatic heterocycles. The second-order valence-electron chi connectivity index (χ2n) is 6.07. The van der Waals surface area contributed by atoms with Gasteiger partial charge in [0, 0.05) is 27.1 Å². The summed E-state index contributed by atoms with van der Waals surface area (Å²) in [6, 6.07) is 14.5. The topological polar surface area (TPSA) is 101 Å². The number of benzene rings is 2. The number of nitrogens with one attached hydrogen (secondary N) is 2. The number of rotatable bonds is 5. The Hall–Kier alpha value is -2.78. The van der Waals surface area contributed by atoms with Crippen molar-refractivity contribution in [3.8, 4) is 0 Å². The van der Waals surface area contributed by atoms with Crippen molar-refractivity contribution >= 4 is 43.5 Å². The first-order valence-electron chi connectivity index (χ1n) is 8.25. The average Bonchev–Trinajstić information content (AvgIpc) is 2.61. The third-order valence-corrected chi connectivity index (χ3v) is 5.61. The lowest BCUT2D eigenvalue weighted by Gasteiger charge is -2.09. The predicted octanol–water partition coefficient (Wildman–Crippen LogP) is 3.91. The molecule has 1 aromatic heterocycles. The number of nitrogens with zero attached hydrogens (tertiary/aromatic N) is 2. The lowest BCUT2D eigenvalue weighted by molar-refractivity contribution is 0.102. The van der Waals surface area contributed by atoms with Crippen molar-refractivity contribution in [2.75, 3.05) is 10.0 Å². The number of anilines is 2. The van der Waals surface area contributed by atoms with Gasteiger partial charge in [-0.15, -0.1) is 0 Å². The molecular formula is C19H17BrN4O3S. The van der Waals surface area contributed by atoms with Gasteiger partial charge in [-0.3, -0.25) is 4.79 Å². The van der Waals surface area contributed by atoms with E-state index < -0.39 is 10.0 Å². The molecule has 2 N–H and O–H groups in total. The SMILES string of the molecule is Cc1cc(C)nc(NS(=O)(=O)c2ccc(NC(=O)c3ccc(Br)cc3)cc2)n1. The van der Waals surface area contributed by atoms with Crippen molar-refractivity contribution in [3.05, 3.63) is 76.0 Å². The molecule has 2 aromatic carbocycles. The van der Waals surface area contributed by atoms with Crippen LogP contribution < -0.4 is 10.0 Å². The molecule has 144 valence electrons. The van der Waals surface area contributed by atoms with Gasteiger partial charge in [0.15, 0.2) is 0 Å². The maximum Gasteiger partial charge on any atom is 0.264 e. The number of aryl methyl sites for hydroxylation is 2. The fourth-order valence-electron chi connectivity index (χ4n) is 2.47. The Labute approximate surface area is 171 Å². The molecule has 0 bridgehead atoms. The van der Waals surface area contributed by atoms with E-state index in [9.17, 15) is 13.2 Å². The summed E-state index contributed by atoms with van der Waals surface area (Å²) >= 11 is 3.32. The van der Waals surface area contributed by atoms with E-state index in [-0.39, 0.29) is 16.8 Å². The van der Waals surface area contributed by atoms with Crippen LogP contribution in [0.15, 0.2) is 64.0 Å². The average molecular weight is 461 g/mol. The molecule has 0 aliphatic carbocycles. The van der Waals surface area contributed by atoms with Crippen molar-refractivity contribution in [3.63, 3.8) is 0 Å². The normalized spacial score (nSPS) is 11.1. The highest BCUT2D eigenvalue weighted by Crippen LogP contribution is 2.18. The van der Waals surface area contributed by atoms with Crippen LogP contribution in [0.3, 0.4) is 0 Å². The minimum Gasteiger partial charge on any atom is -0.322 e. The summed E-state index contributed by atoms with van der Waals surface area (Å²) in [5.41, 5.74) is 2.30. The molecule has 0 spiro atoms. The van der Waals surface area contributed by atoms with Crippen LogP contribution in [0.5, 0.6) is 0 Å². The highest BCUT2D eigenvalue weighted by Gasteiger charge is 2.16. The van der Waals surface area contributed by atoms with Crippen LogP contribution in [-0.4, -0.2) is 24.3 Å². The second-order valence-corrected chi connectivity index (χ2v) is 8.66. The Kier molecular flexibility index (Phi) is 5.76. The Balaban J connectivity index is 1.73. The summed E-state index contributed by atoms with van der Waals surface area (Å²) in [5.74, 6) is -0.269. The van der Waals surface area contributed by atoms with Gasteiger partial charge in [-0.1, -0.05) is 15.9 Å². The van der Waals surface area contributed by atoms with E-state index in [2.05, 4.69) is 35.9 Å². The van der Waals surface area contributed by atoms with Crippen LogP contribution in [-0.2, 0) is 10.0 Å². The zero-order valence-electron chi connectivity index (χ0n) is 15.1. The molecule has 3 aromatic rings. The predicted molar refractivity (Wildman–Crippen MR) is 111 cm³/mol. The largest absolute Gasteiger partial charge is 0.322 e. The summed E-state index contributed by atoms with van der Waals surface area (Å²) in [5, 5.41) is 2.73. The van der Waals surface area contributed by atoms with Gasteiger partial charge < -0.3 is 5.32 Å². The van der Waals surface area contributed by atoms with Crippen LogP contribution in [0, 0.1) is 13.8 Å². The van der Waals surface area contributed by atoms with Crippen LogP contribution in [0.4, 0.5) is 11.6 Å². The van der Waals surface area contributed by atoms with Gasteiger partial charge >= 0.3 is 0 Å². The molecule has 1 heterocycles. The molecule has 0 saturated carbocycles. The number of carbonyl (C=O) groups is 1. The number of aromatic nitrogens is 2. The first-order valence-corrected chi connectivity index (χ1v) is 10.5. The van der Waals surface area contributed by atoms with E-state index in [0.717, 1.165) is 4.47 Å². The summed E-state index contributed by atoms with van der Waals surface area (Å²) < 4.78 is 28.3. The first-order chi connectivity index (χ1) is 13.2. The molecular weight excluding hydrogens is 444 g/mol. The summed E-state index contributed by atoms with van der Waals surface area (Å²) in [6.45, 7) is 3.52. The fourth-order valence-corrected chi connectivity index (χ4v) is 3.68. The van der Waals surface area contributed by atoms with Gasteiger partial charge in [0.1, 0.15) is 0 Å². The number of halogens is 1. The van der Waals surface area contributed by atoms with E-state index in [1.807, 2.05) is 0 Å². The van der Waals surface area contributed by atoms with E-state index in [0.29, 0.717) is 22.6 Å². The maximum absolute atomic E-state index is 12.5. The lowest BCUT2D eigenvalue weighted by Crippen LogP contribution is -2.16. The van der Waals surface area contributed by atoms with Gasteiger partial charge in [0.25, 0.3) is 15.9 Å². The van der Waals surface area contributed by atoms with E-state index in [1.54, 1.807) is 44.2 Å². The van der Waals surface area contributed by atoms with Gasteiger partial charge in [0.2, 0.25) is 5.95 Å². The smallest absolute Gasteiger partial charge is 0.264 e. The summed E-state index contributed by atoms with van der Waals surface area (Å²) in [4.78, 5) is 20.4. The van der Waals surface area contributed by atoms with Crippen LogP contribution >= 0.6 is 15.9 Å². The molecule has 0 aliphatic rings. The third-order valence-electron chi connectivity index (χ3n) is 3.74. The van der Waals surface area contributed by atoms with Crippen molar-refractivity contribution in [2.24, 2.45) is 0 Å². The highest BCUT2D eigenvalue weighted by molar-refractivity contribution is 9.10. The number of amides is 1. The number of hydrogen-bond donors (Lipinski definition) is 2. The summed E-state index contributed by atoms with van der Waals surface area (Å²) in [7, 11) is -3.84. The number of carbonyl (C=O) groups excluding carboxylic acids is 1. The van der Waals surface area contributed by atoms with Crippen molar-refractivity contribution in [1.29, 1.82) is 0 Å². The molecule has 1 amide bonds. The number of hydrogen-bond acceptors (Lipinski definition) is 5. The van der Waals surface area contributed by atoms with Crippen molar-refractivity contribution < 1.29 is 13.2 Å².